The maximum atomic E-state index is 13.0. The molecule has 0 unspecified atom stereocenters. The molecule has 0 saturated carbocycles. The normalized spacial score (nSPS) is 15.0. The zero-order chi connectivity index (χ0) is 23.8. The number of piperidine rings is 1. The highest BCUT2D eigenvalue weighted by Gasteiger charge is 2.32. The number of hydrogen-bond acceptors (Lipinski definition) is 5. The number of benzene rings is 1. The van der Waals surface area contributed by atoms with Gasteiger partial charge >= 0.3 is 6.18 Å². The van der Waals surface area contributed by atoms with Gasteiger partial charge in [0.2, 0.25) is 5.91 Å². The first-order valence-corrected chi connectivity index (χ1v) is 10.8. The Kier molecular flexibility index (Phi) is 6.29. The number of halogens is 4. The first-order chi connectivity index (χ1) is 15.6. The van der Waals surface area contributed by atoms with Gasteiger partial charge in [0.05, 0.1) is 22.0 Å². The van der Waals surface area contributed by atoms with Gasteiger partial charge in [-0.25, -0.2) is 4.68 Å². The van der Waals surface area contributed by atoms with Gasteiger partial charge in [-0.05, 0) is 63.1 Å². The second kappa shape index (κ2) is 9.01. The van der Waals surface area contributed by atoms with Crippen molar-refractivity contribution in [1.82, 2.24) is 20.0 Å². The fourth-order valence-electron chi connectivity index (χ4n) is 3.86. The second-order valence-electron chi connectivity index (χ2n) is 8.03. The minimum atomic E-state index is -4.51. The van der Waals surface area contributed by atoms with Crippen LogP contribution in [0, 0.1) is 19.8 Å². The van der Waals surface area contributed by atoms with Crippen molar-refractivity contribution >= 4 is 29.0 Å². The summed E-state index contributed by atoms with van der Waals surface area (Å²) in [6.45, 7) is 5.00. The van der Waals surface area contributed by atoms with Crippen molar-refractivity contribution in [1.29, 1.82) is 0 Å². The highest BCUT2D eigenvalue weighted by molar-refractivity contribution is 6.33. The highest BCUT2D eigenvalue weighted by Crippen LogP contribution is 2.34. The Morgan fingerprint density at radius 1 is 1.06 bits per heavy atom. The Hall–Kier alpha value is -3.14. The fraction of sp³-hybridized carbons (Fsp3) is 0.364. The van der Waals surface area contributed by atoms with Crippen LogP contribution < -0.4 is 10.2 Å². The number of rotatable bonds is 4. The van der Waals surface area contributed by atoms with Crippen molar-refractivity contribution in [3.8, 4) is 5.82 Å². The van der Waals surface area contributed by atoms with Crippen LogP contribution >= 0.6 is 11.6 Å². The number of anilines is 2. The van der Waals surface area contributed by atoms with E-state index < -0.39 is 11.7 Å². The van der Waals surface area contributed by atoms with Gasteiger partial charge in [0, 0.05) is 24.7 Å². The molecule has 0 spiro atoms. The molecule has 7 nitrogen and oxygen atoms in total. The molecular formula is C22H22ClF3N6O. The molecule has 1 aliphatic rings. The van der Waals surface area contributed by atoms with E-state index in [1.165, 1.54) is 0 Å². The van der Waals surface area contributed by atoms with Crippen molar-refractivity contribution in [3.05, 3.63) is 58.4 Å². The Morgan fingerprint density at radius 2 is 1.73 bits per heavy atom. The molecule has 3 aromatic rings. The van der Waals surface area contributed by atoms with Crippen LogP contribution in [-0.2, 0) is 11.0 Å². The molecule has 0 aliphatic carbocycles. The standard InChI is InChI=1S/C22H22ClF3N6O/c1-13-11-14(2)32(30-13)20-6-5-19(28-29-20)31-9-7-15(8-10-31)21(33)27-18-12-16(22(24,25)26)3-4-17(18)23/h3-6,11-12,15H,7-10H2,1-2H3,(H,27,33). The molecular weight excluding hydrogens is 457 g/mol. The Morgan fingerprint density at radius 3 is 2.30 bits per heavy atom. The molecule has 0 bridgehead atoms. The number of amides is 1. The number of nitrogens with zero attached hydrogens (tertiary/aromatic N) is 5. The summed E-state index contributed by atoms with van der Waals surface area (Å²) in [6.07, 6.45) is -3.45. The fourth-order valence-corrected chi connectivity index (χ4v) is 4.03. The van der Waals surface area contributed by atoms with E-state index in [0.29, 0.717) is 37.6 Å². The Labute approximate surface area is 193 Å². The summed E-state index contributed by atoms with van der Waals surface area (Å²) < 4.78 is 40.6. The van der Waals surface area contributed by atoms with Crippen LogP contribution in [0.3, 0.4) is 0 Å². The summed E-state index contributed by atoms with van der Waals surface area (Å²) in [7, 11) is 0. The van der Waals surface area contributed by atoms with Crippen LogP contribution in [0.4, 0.5) is 24.7 Å². The van der Waals surface area contributed by atoms with E-state index in [-0.39, 0.29) is 22.5 Å². The summed E-state index contributed by atoms with van der Waals surface area (Å²) in [5.41, 5.74) is 0.955. The predicted octanol–water partition coefficient (Wildman–Crippen LogP) is 4.81. The number of carbonyl (C=O) groups is 1. The largest absolute Gasteiger partial charge is 0.416 e. The Balaban J connectivity index is 1.37. The van der Waals surface area contributed by atoms with E-state index in [1.807, 2.05) is 36.9 Å². The third-order valence-electron chi connectivity index (χ3n) is 5.60. The van der Waals surface area contributed by atoms with Gasteiger partial charge in [0.1, 0.15) is 0 Å². The maximum absolute atomic E-state index is 13.0. The molecule has 3 heterocycles. The number of hydrogen-bond donors (Lipinski definition) is 1. The monoisotopic (exact) mass is 478 g/mol. The number of carbonyl (C=O) groups excluding carboxylic acids is 1. The summed E-state index contributed by atoms with van der Waals surface area (Å²) in [6, 6.07) is 8.54. The zero-order valence-corrected chi connectivity index (χ0v) is 18.8. The molecule has 1 saturated heterocycles. The molecule has 1 aliphatic heterocycles. The number of aryl methyl sites for hydroxylation is 2. The Bertz CT molecular complexity index is 1150. The quantitative estimate of drug-likeness (QED) is 0.582. The molecule has 174 valence electrons. The molecule has 4 rings (SSSR count). The minimum Gasteiger partial charge on any atom is -0.355 e. The predicted molar refractivity (Wildman–Crippen MR) is 119 cm³/mol. The smallest absolute Gasteiger partial charge is 0.355 e. The molecule has 1 amide bonds. The van der Waals surface area contributed by atoms with Gasteiger partial charge in [-0.3, -0.25) is 4.79 Å². The van der Waals surface area contributed by atoms with Crippen molar-refractivity contribution in [2.45, 2.75) is 32.9 Å². The lowest BCUT2D eigenvalue weighted by Gasteiger charge is -2.32. The highest BCUT2D eigenvalue weighted by atomic mass is 35.5. The van der Waals surface area contributed by atoms with Crippen molar-refractivity contribution in [3.63, 3.8) is 0 Å². The summed E-state index contributed by atoms with van der Waals surface area (Å²) >= 11 is 5.99. The molecule has 0 radical (unpaired) electrons. The average molecular weight is 479 g/mol. The van der Waals surface area contributed by atoms with E-state index in [9.17, 15) is 18.0 Å². The molecule has 11 heteroatoms. The summed E-state index contributed by atoms with van der Waals surface area (Å²) in [5, 5.41) is 15.6. The molecule has 1 N–H and O–H groups in total. The minimum absolute atomic E-state index is 0.0375. The van der Waals surface area contributed by atoms with Gasteiger partial charge in [0.25, 0.3) is 0 Å². The maximum Gasteiger partial charge on any atom is 0.416 e. The number of aromatic nitrogens is 4. The molecule has 1 aromatic carbocycles. The molecule has 33 heavy (non-hydrogen) atoms. The van der Waals surface area contributed by atoms with Crippen LogP contribution in [-0.4, -0.2) is 39.0 Å². The van der Waals surface area contributed by atoms with Crippen LogP contribution in [0.25, 0.3) is 5.82 Å². The van der Waals surface area contributed by atoms with Crippen molar-refractivity contribution < 1.29 is 18.0 Å². The zero-order valence-electron chi connectivity index (χ0n) is 18.0. The first-order valence-electron chi connectivity index (χ1n) is 10.4. The lowest BCUT2D eigenvalue weighted by molar-refractivity contribution is -0.137. The topological polar surface area (TPSA) is 75.9 Å². The lowest BCUT2D eigenvalue weighted by atomic mass is 9.95. The van der Waals surface area contributed by atoms with E-state index in [0.717, 1.165) is 29.6 Å². The number of nitrogens with one attached hydrogen (secondary N) is 1. The van der Waals surface area contributed by atoms with E-state index in [1.54, 1.807) is 4.68 Å². The van der Waals surface area contributed by atoms with E-state index in [2.05, 4.69) is 20.6 Å². The van der Waals surface area contributed by atoms with Gasteiger partial charge in [-0.15, -0.1) is 10.2 Å². The molecule has 2 aromatic heterocycles. The number of alkyl halides is 3. The SMILES string of the molecule is Cc1cc(C)n(-c2ccc(N3CCC(C(=O)Nc4cc(C(F)(F)F)ccc4Cl)CC3)nn2)n1. The van der Waals surface area contributed by atoms with Crippen LogP contribution in [0.15, 0.2) is 36.4 Å². The first kappa shape index (κ1) is 23.0. The van der Waals surface area contributed by atoms with Crippen molar-refractivity contribution in [2.24, 2.45) is 5.92 Å². The van der Waals surface area contributed by atoms with Crippen LogP contribution in [0.1, 0.15) is 29.8 Å². The van der Waals surface area contributed by atoms with Crippen LogP contribution in [0.2, 0.25) is 5.02 Å². The van der Waals surface area contributed by atoms with Crippen LogP contribution in [0.5, 0.6) is 0 Å². The summed E-state index contributed by atoms with van der Waals surface area (Å²) in [5.74, 6) is 0.632. The molecule has 0 atom stereocenters. The van der Waals surface area contributed by atoms with Crippen molar-refractivity contribution in [2.75, 3.05) is 23.3 Å². The third kappa shape index (κ3) is 5.11. The van der Waals surface area contributed by atoms with Gasteiger partial charge < -0.3 is 10.2 Å². The third-order valence-corrected chi connectivity index (χ3v) is 5.93. The van der Waals surface area contributed by atoms with Gasteiger partial charge in [-0.1, -0.05) is 11.6 Å². The second-order valence-corrected chi connectivity index (χ2v) is 8.44. The van der Waals surface area contributed by atoms with E-state index in [4.69, 9.17) is 11.6 Å². The molecule has 1 fully saturated rings. The van der Waals surface area contributed by atoms with Gasteiger partial charge in [0.15, 0.2) is 11.6 Å². The average Bonchev–Trinajstić information content (AvgIpc) is 3.12. The van der Waals surface area contributed by atoms with E-state index >= 15 is 0 Å². The van der Waals surface area contributed by atoms with Gasteiger partial charge in [-0.2, -0.15) is 18.3 Å². The lowest BCUT2D eigenvalue weighted by Crippen LogP contribution is -2.38. The summed E-state index contributed by atoms with van der Waals surface area (Å²) in [4.78, 5) is 14.7.